The summed E-state index contributed by atoms with van der Waals surface area (Å²) in [6.07, 6.45) is 5.09. The van der Waals surface area contributed by atoms with Gasteiger partial charge in [0, 0.05) is 43.0 Å². The Morgan fingerprint density at radius 3 is 2.70 bits per heavy atom. The molecule has 0 spiro atoms. The molecule has 6 rings (SSSR count). The summed E-state index contributed by atoms with van der Waals surface area (Å²) in [7, 11) is 0. The number of fused-ring (bicyclic) bond motifs is 1. The van der Waals surface area contributed by atoms with Crippen LogP contribution in [-0.4, -0.2) is 64.3 Å². The number of halogens is 1. The molecule has 3 aromatic rings. The summed E-state index contributed by atoms with van der Waals surface area (Å²) < 4.78 is 6.15. The molecule has 33 heavy (non-hydrogen) atoms. The average Bonchev–Trinajstić information content (AvgIpc) is 3.20. The number of benzene rings is 1. The first-order valence-corrected chi connectivity index (χ1v) is 12.5. The molecule has 1 aliphatic carbocycles. The van der Waals surface area contributed by atoms with Crippen molar-refractivity contribution in [3.05, 3.63) is 29.4 Å². The minimum absolute atomic E-state index is 0.102. The van der Waals surface area contributed by atoms with Crippen molar-refractivity contribution in [1.29, 1.82) is 0 Å². The highest BCUT2D eigenvalue weighted by atomic mass is 35.5. The minimum Gasteiger partial charge on any atom is -0.491 e. The molecule has 3 aliphatic rings. The van der Waals surface area contributed by atoms with Gasteiger partial charge in [-0.1, -0.05) is 22.9 Å². The summed E-state index contributed by atoms with van der Waals surface area (Å²) in [6.45, 7) is 4.82. The molecule has 11 heteroatoms. The van der Waals surface area contributed by atoms with Gasteiger partial charge in [-0.25, -0.2) is 4.98 Å². The van der Waals surface area contributed by atoms with E-state index in [1.54, 1.807) is 17.5 Å². The Morgan fingerprint density at radius 2 is 1.94 bits per heavy atom. The number of thiazole rings is 1. The van der Waals surface area contributed by atoms with Gasteiger partial charge in [0.15, 0.2) is 5.13 Å². The minimum atomic E-state index is 0.102. The van der Waals surface area contributed by atoms with E-state index in [0.717, 1.165) is 65.5 Å². The molecular formula is C22H24ClN7O2S. The molecule has 172 valence electrons. The number of hydrogen-bond acceptors (Lipinski definition) is 9. The summed E-state index contributed by atoms with van der Waals surface area (Å²) in [5.74, 6) is 3.31. The number of carbonyl (C=O) groups excluding carboxylic acids is 1. The van der Waals surface area contributed by atoms with Gasteiger partial charge < -0.3 is 19.3 Å². The second-order valence-electron chi connectivity index (χ2n) is 9.04. The highest BCUT2D eigenvalue weighted by molar-refractivity contribution is 7.18. The van der Waals surface area contributed by atoms with E-state index >= 15 is 0 Å². The van der Waals surface area contributed by atoms with E-state index < -0.39 is 0 Å². The molecule has 9 nitrogen and oxygen atoms in total. The van der Waals surface area contributed by atoms with Gasteiger partial charge in [0.2, 0.25) is 5.82 Å². The summed E-state index contributed by atoms with van der Waals surface area (Å²) in [6, 6.07) is 5.97. The molecule has 2 aromatic heterocycles. The lowest BCUT2D eigenvalue weighted by molar-refractivity contribution is -0.108. The SMILES string of the molecule is O=CCn1nnc(-c2cnc(N3CC4CN(c5cc(Cl)ccc5OCC5CC5)CC4C3)s2)n1. The van der Waals surface area contributed by atoms with Gasteiger partial charge in [0.25, 0.3) is 0 Å². The Labute approximate surface area is 200 Å². The third kappa shape index (κ3) is 4.29. The summed E-state index contributed by atoms with van der Waals surface area (Å²) >= 11 is 7.90. The van der Waals surface area contributed by atoms with Crippen molar-refractivity contribution in [1.82, 2.24) is 25.2 Å². The molecule has 3 fully saturated rings. The number of rotatable bonds is 8. The average molecular weight is 486 g/mol. The maximum absolute atomic E-state index is 10.6. The van der Waals surface area contributed by atoms with Gasteiger partial charge in [-0.2, -0.15) is 4.80 Å². The number of nitrogens with zero attached hydrogens (tertiary/aromatic N) is 7. The number of hydrogen-bond donors (Lipinski definition) is 0. The van der Waals surface area contributed by atoms with Crippen LogP contribution in [0.4, 0.5) is 10.8 Å². The topological polar surface area (TPSA) is 89.3 Å². The van der Waals surface area contributed by atoms with E-state index in [1.807, 2.05) is 18.2 Å². The highest BCUT2D eigenvalue weighted by Crippen LogP contribution is 2.42. The van der Waals surface area contributed by atoms with Crippen LogP contribution in [0, 0.1) is 17.8 Å². The van der Waals surface area contributed by atoms with Crippen molar-refractivity contribution in [2.75, 3.05) is 42.6 Å². The zero-order valence-electron chi connectivity index (χ0n) is 18.0. The zero-order chi connectivity index (χ0) is 22.4. The van der Waals surface area contributed by atoms with Crippen LogP contribution < -0.4 is 14.5 Å². The third-order valence-corrected chi connectivity index (χ3v) is 7.88. The predicted molar refractivity (Wildman–Crippen MR) is 126 cm³/mol. The lowest BCUT2D eigenvalue weighted by Crippen LogP contribution is -2.29. The first kappa shape index (κ1) is 20.9. The van der Waals surface area contributed by atoms with E-state index in [2.05, 4.69) is 30.2 Å². The largest absolute Gasteiger partial charge is 0.491 e. The molecule has 4 heterocycles. The highest BCUT2D eigenvalue weighted by Gasteiger charge is 2.41. The van der Waals surface area contributed by atoms with Crippen LogP contribution in [-0.2, 0) is 11.3 Å². The Bertz CT molecular complexity index is 1150. The second kappa shape index (κ2) is 8.57. The van der Waals surface area contributed by atoms with Crippen molar-refractivity contribution in [3.8, 4) is 16.5 Å². The third-order valence-electron chi connectivity index (χ3n) is 6.59. The van der Waals surface area contributed by atoms with Crippen LogP contribution >= 0.6 is 22.9 Å². The number of anilines is 2. The van der Waals surface area contributed by atoms with Crippen molar-refractivity contribution >= 4 is 40.0 Å². The number of aldehydes is 1. The van der Waals surface area contributed by atoms with Gasteiger partial charge in [-0.15, -0.1) is 10.2 Å². The smallest absolute Gasteiger partial charge is 0.216 e. The van der Waals surface area contributed by atoms with Gasteiger partial charge in [-0.3, -0.25) is 0 Å². The fraction of sp³-hybridized carbons (Fsp3) is 0.500. The lowest BCUT2D eigenvalue weighted by atomic mass is 10.0. The quantitative estimate of drug-likeness (QED) is 0.450. The van der Waals surface area contributed by atoms with Crippen molar-refractivity contribution < 1.29 is 9.53 Å². The van der Waals surface area contributed by atoms with Crippen LogP contribution in [0.3, 0.4) is 0 Å². The molecule has 0 amide bonds. The van der Waals surface area contributed by atoms with Crippen molar-refractivity contribution in [2.45, 2.75) is 19.4 Å². The Hall–Kier alpha value is -2.72. The molecule has 2 aliphatic heterocycles. The normalized spacial score (nSPS) is 22.1. The molecule has 2 unspecified atom stereocenters. The van der Waals surface area contributed by atoms with Gasteiger partial charge >= 0.3 is 0 Å². The standard InChI is InChI=1S/C22H24ClN7O2S/c23-17-3-4-19(32-13-14-1-2-14)18(7-17)28-9-15-11-29(12-16(15)10-28)22-24-8-20(33-22)21-25-27-30(26-21)5-6-31/h3-4,6-8,14-16H,1-2,5,9-13H2. The van der Waals surface area contributed by atoms with E-state index in [1.165, 1.54) is 17.6 Å². The van der Waals surface area contributed by atoms with E-state index in [-0.39, 0.29) is 6.54 Å². The molecule has 0 N–H and O–H groups in total. The van der Waals surface area contributed by atoms with Crippen molar-refractivity contribution in [3.63, 3.8) is 0 Å². The van der Waals surface area contributed by atoms with Gasteiger partial charge in [0.05, 0.1) is 23.4 Å². The lowest BCUT2D eigenvalue weighted by Gasteiger charge is -2.25. The summed E-state index contributed by atoms with van der Waals surface area (Å²) in [4.78, 5) is 22.2. The first-order valence-electron chi connectivity index (χ1n) is 11.3. The fourth-order valence-corrected chi connectivity index (χ4v) is 5.72. The van der Waals surface area contributed by atoms with Gasteiger partial charge in [-0.05, 0) is 42.2 Å². The molecule has 0 radical (unpaired) electrons. The van der Waals surface area contributed by atoms with E-state index in [0.29, 0.717) is 23.6 Å². The van der Waals surface area contributed by atoms with Gasteiger partial charge in [0.1, 0.15) is 18.6 Å². The summed E-state index contributed by atoms with van der Waals surface area (Å²) in [5, 5.41) is 13.9. The Balaban J connectivity index is 1.12. The zero-order valence-corrected chi connectivity index (χ0v) is 19.6. The van der Waals surface area contributed by atoms with Crippen LogP contribution in [0.5, 0.6) is 5.75 Å². The molecule has 0 bridgehead atoms. The van der Waals surface area contributed by atoms with Crippen LogP contribution in [0.1, 0.15) is 12.8 Å². The summed E-state index contributed by atoms with van der Waals surface area (Å²) in [5.41, 5.74) is 1.12. The second-order valence-corrected chi connectivity index (χ2v) is 10.5. The molecule has 1 aromatic carbocycles. The Morgan fingerprint density at radius 1 is 1.15 bits per heavy atom. The molecule has 1 saturated carbocycles. The monoisotopic (exact) mass is 485 g/mol. The van der Waals surface area contributed by atoms with Crippen molar-refractivity contribution in [2.24, 2.45) is 17.8 Å². The number of tetrazole rings is 1. The number of aromatic nitrogens is 5. The van der Waals surface area contributed by atoms with Crippen LogP contribution in [0.25, 0.3) is 10.7 Å². The van der Waals surface area contributed by atoms with Crippen LogP contribution in [0.15, 0.2) is 24.4 Å². The van der Waals surface area contributed by atoms with E-state index in [4.69, 9.17) is 16.3 Å². The Kier molecular flexibility index (Phi) is 5.41. The maximum Gasteiger partial charge on any atom is 0.216 e. The molecule has 2 saturated heterocycles. The number of carbonyl (C=O) groups is 1. The molecular weight excluding hydrogens is 462 g/mol. The van der Waals surface area contributed by atoms with E-state index in [9.17, 15) is 4.79 Å². The number of ether oxygens (including phenoxy) is 1. The first-order chi connectivity index (χ1) is 16.2. The van der Waals surface area contributed by atoms with Crippen LogP contribution in [0.2, 0.25) is 5.02 Å². The maximum atomic E-state index is 10.6. The fourth-order valence-electron chi connectivity index (χ4n) is 4.70. The molecule has 2 atom stereocenters. The predicted octanol–water partition coefficient (Wildman–Crippen LogP) is 3.01.